The number of imidazole rings is 1. The highest BCUT2D eigenvalue weighted by atomic mass is 16.5. The summed E-state index contributed by atoms with van der Waals surface area (Å²) >= 11 is 0. The van der Waals surface area contributed by atoms with Crippen molar-refractivity contribution in [3.63, 3.8) is 0 Å². The van der Waals surface area contributed by atoms with Gasteiger partial charge in [-0.05, 0) is 61.0 Å². The number of carbonyl (C=O) groups is 1. The summed E-state index contributed by atoms with van der Waals surface area (Å²) in [6.45, 7) is 4.27. The molecule has 0 spiro atoms. The Labute approximate surface area is 204 Å². The highest BCUT2D eigenvalue weighted by molar-refractivity contribution is 5.97. The summed E-state index contributed by atoms with van der Waals surface area (Å²) in [7, 11) is 0. The number of carbonyl (C=O) groups excluding carboxylic acids is 1. The molecular formula is C27H31N3O5. The van der Waals surface area contributed by atoms with E-state index in [9.17, 15) is 4.79 Å². The van der Waals surface area contributed by atoms with Crippen molar-refractivity contribution in [1.82, 2.24) is 14.9 Å². The van der Waals surface area contributed by atoms with Crippen molar-refractivity contribution in [2.75, 3.05) is 33.0 Å². The summed E-state index contributed by atoms with van der Waals surface area (Å²) in [5, 5.41) is 11.6. The maximum absolute atomic E-state index is 12.6. The highest BCUT2D eigenvalue weighted by Crippen LogP contribution is 2.28. The number of rotatable bonds is 13. The first-order valence-corrected chi connectivity index (χ1v) is 11.9. The van der Waals surface area contributed by atoms with E-state index in [-0.39, 0.29) is 19.1 Å². The van der Waals surface area contributed by atoms with Gasteiger partial charge in [0.15, 0.2) is 0 Å². The zero-order valence-corrected chi connectivity index (χ0v) is 19.9. The van der Waals surface area contributed by atoms with Crippen LogP contribution in [0.3, 0.4) is 0 Å². The zero-order valence-electron chi connectivity index (χ0n) is 19.9. The van der Waals surface area contributed by atoms with E-state index >= 15 is 0 Å². The number of ether oxygens (including phenoxy) is 2. The predicted octanol–water partition coefficient (Wildman–Crippen LogP) is 4.26. The number of aromatic nitrogens is 2. The molecular weight excluding hydrogens is 446 g/mol. The van der Waals surface area contributed by atoms with E-state index in [1.807, 2.05) is 42.5 Å². The lowest BCUT2D eigenvalue weighted by Gasteiger charge is -2.10. The van der Waals surface area contributed by atoms with Crippen molar-refractivity contribution in [2.24, 2.45) is 0 Å². The van der Waals surface area contributed by atoms with Crippen LogP contribution in [0.5, 0.6) is 5.75 Å². The quantitative estimate of drug-likeness (QED) is 0.279. The van der Waals surface area contributed by atoms with Gasteiger partial charge in [-0.15, -0.1) is 0 Å². The van der Waals surface area contributed by atoms with Crippen LogP contribution in [0.1, 0.15) is 35.9 Å². The summed E-state index contributed by atoms with van der Waals surface area (Å²) in [6.07, 6.45) is 3.77. The number of benzene rings is 2. The van der Waals surface area contributed by atoms with Crippen LogP contribution in [0.4, 0.5) is 0 Å². The van der Waals surface area contributed by atoms with Gasteiger partial charge in [-0.3, -0.25) is 4.79 Å². The van der Waals surface area contributed by atoms with E-state index in [4.69, 9.17) is 24.0 Å². The lowest BCUT2D eigenvalue weighted by atomic mass is 10.2. The molecule has 0 aliphatic carbocycles. The number of nitrogens with zero attached hydrogens (tertiary/aromatic N) is 2. The Bertz CT molecular complexity index is 1220. The topological polar surface area (TPSA) is 98.8 Å². The number of fused-ring (bicyclic) bond motifs is 1. The second kappa shape index (κ2) is 12.2. The molecule has 8 heteroatoms. The third-order valence-electron chi connectivity index (χ3n) is 5.55. The summed E-state index contributed by atoms with van der Waals surface area (Å²) < 4.78 is 18.7. The molecule has 0 saturated heterocycles. The van der Waals surface area contributed by atoms with Gasteiger partial charge in [-0.25, -0.2) is 4.98 Å². The number of nitrogens with one attached hydrogen (secondary N) is 1. The molecule has 8 nitrogen and oxygen atoms in total. The number of unbranched alkanes of at least 4 members (excludes halogenated alkanes) is 1. The first kappa shape index (κ1) is 24.5. The van der Waals surface area contributed by atoms with Crippen LogP contribution < -0.4 is 10.1 Å². The molecule has 0 atom stereocenters. The van der Waals surface area contributed by atoms with Crippen LogP contribution in [-0.4, -0.2) is 53.5 Å². The van der Waals surface area contributed by atoms with E-state index < -0.39 is 0 Å². The van der Waals surface area contributed by atoms with Gasteiger partial charge in [-0.2, -0.15) is 0 Å². The van der Waals surface area contributed by atoms with Gasteiger partial charge in [-0.1, -0.05) is 13.3 Å². The van der Waals surface area contributed by atoms with Crippen LogP contribution in [0.15, 0.2) is 65.3 Å². The molecule has 4 aromatic rings. The molecule has 2 heterocycles. The van der Waals surface area contributed by atoms with Gasteiger partial charge in [0.2, 0.25) is 0 Å². The Morgan fingerprint density at radius 2 is 1.97 bits per heavy atom. The molecule has 35 heavy (non-hydrogen) atoms. The van der Waals surface area contributed by atoms with E-state index in [2.05, 4.69) is 16.8 Å². The predicted molar refractivity (Wildman–Crippen MR) is 134 cm³/mol. The Balaban J connectivity index is 1.59. The van der Waals surface area contributed by atoms with Gasteiger partial charge >= 0.3 is 0 Å². The van der Waals surface area contributed by atoms with Crippen LogP contribution in [-0.2, 0) is 11.3 Å². The lowest BCUT2D eigenvalue weighted by Crippen LogP contribution is -2.27. The molecule has 1 amide bonds. The fourth-order valence-corrected chi connectivity index (χ4v) is 3.75. The number of hydrogen-bond donors (Lipinski definition) is 2. The molecule has 2 N–H and O–H groups in total. The van der Waals surface area contributed by atoms with E-state index in [0.29, 0.717) is 31.9 Å². The Hall–Kier alpha value is -3.62. The van der Waals surface area contributed by atoms with E-state index in [0.717, 1.165) is 46.8 Å². The first-order chi connectivity index (χ1) is 17.2. The number of hydrogen-bond acceptors (Lipinski definition) is 6. The smallest absolute Gasteiger partial charge is 0.251 e. The zero-order chi connectivity index (χ0) is 24.5. The minimum Gasteiger partial charge on any atom is -0.494 e. The van der Waals surface area contributed by atoms with Crippen LogP contribution >= 0.6 is 0 Å². The van der Waals surface area contributed by atoms with Gasteiger partial charge < -0.3 is 28.9 Å². The largest absolute Gasteiger partial charge is 0.494 e. The number of aliphatic hydroxyl groups excluding tert-OH is 1. The van der Waals surface area contributed by atoms with Crippen molar-refractivity contribution in [3.05, 3.63) is 72.2 Å². The molecule has 0 aliphatic rings. The van der Waals surface area contributed by atoms with Gasteiger partial charge in [0, 0.05) is 17.7 Å². The molecule has 4 rings (SSSR count). The molecule has 0 radical (unpaired) electrons. The monoisotopic (exact) mass is 477 g/mol. The van der Waals surface area contributed by atoms with Crippen LogP contribution in [0.25, 0.3) is 22.4 Å². The molecule has 0 bridgehead atoms. The third-order valence-corrected chi connectivity index (χ3v) is 5.55. The fraction of sp³-hybridized carbons (Fsp3) is 0.333. The standard InChI is InChI=1S/C27H31N3O5/c1-2-3-14-34-22-9-6-20(7-10-22)26-29-24-18-21(27(32)28-12-16-33-17-13-31)8-11-25(24)30(26)19-23-5-4-15-35-23/h4-11,15,18,31H,2-3,12-14,16-17,19H2,1H3,(H,28,32). The molecule has 0 unspecified atom stereocenters. The van der Waals surface area contributed by atoms with Gasteiger partial charge in [0.25, 0.3) is 5.91 Å². The molecule has 184 valence electrons. The average molecular weight is 478 g/mol. The third kappa shape index (κ3) is 6.29. The van der Waals surface area contributed by atoms with Crippen molar-refractivity contribution in [3.8, 4) is 17.1 Å². The summed E-state index contributed by atoms with van der Waals surface area (Å²) in [4.78, 5) is 17.5. The second-order valence-corrected chi connectivity index (χ2v) is 8.12. The van der Waals surface area contributed by atoms with Crippen molar-refractivity contribution in [2.45, 2.75) is 26.3 Å². The minimum absolute atomic E-state index is 0.0395. The maximum atomic E-state index is 12.6. The lowest BCUT2D eigenvalue weighted by molar-refractivity contribution is 0.0838. The summed E-state index contributed by atoms with van der Waals surface area (Å²) in [5.41, 5.74) is 3.10. The maximum Gasteiger partial charge on any atom is 0.251 e. The number of amides is 1. The SMILES string of the molecule is CCCCOc1ccc(-c2nc3cc(C(=O)NCCOCCO)ccc3n2Cc2ccco2)cc1. The molecule has 2 aromatic heterocycles. The second-order valence-electron chi connectivity index (χ2n) is 8.12. The van der Waals surface area contributed by atoms with Crippen molar-refractivity contribution < 1.29 is 23.8 Å². The Morgan fingerprint density at radius 3 is 2.71 bits per heavy atom. The molecule has 0 aliphatic heterocycles. The van der Waals surface area contributed by atoms with Crippen LogP contribution in [0.2, 0.25) is 0 Å². The molecule has 0 fully saturated rings. The van der Waals surface area contributed by atoms with Crippen molar-refractivity contribution in [1.29, 1.82) is 0 Å². The fourth-order valence-electron chi connectivity index (χ4n) is 3.75. The normalized spacial score (nSPS) is 11.1. The number of aliphatic hydroxyl groups is 1. The minimum atomic E-state index is -0.199. The Kier molecular flexibility index (Phi) is 8.53. The average Bonchev–Trinajstić information content (AvgIpc) is 3.52. The first-order valence-electron chi connectivity index (χ1n) is 11.9. The summed E-state index contributed by atoms with van der Waals surface area (Å²) in [5.74, 6) is 2.23. The van der Waals surface area contributed by atoms with Gasteiger partial charge in [0.05, 0.1) is 50.3 Å². The summed E-state index contributed by atoms with van der Waals surface area (Å²) in [6, 6.07) is 17.2. The van der Waals surface area contributed by atoms with Crippen molar-refractivity contribution >= 4 is 16.9 Å². The number of furan rings is 1. The Morgan fingerprint density at radius 1 is 1.11 bits per heavy atom. The molecule has 0 saturated carbocycles. The van der Waals surface area contributed by atoms with Crippen LogP contribution in [0, 0.1) is 0 Å². The van der Waals surface area contributed by atoms with E-state index in [1.54, 1.807) is 18.4 Å². The molecule has 2 aromatic carbocycles. The highest BCUT2D eigenvalue weighted by Gasteiger charge is 2.16. The van der Waals surface area contributed by atoms with E-state index in [1.165, 1.54) is 0 Å². The van der Waals surface area contributed by atoms with Gasteiger partial charge in [0.1, 0.15) is 17.3 Å².